The average Bonchev–Trinajstić information content (AvgIpc) is 2.65. The van der Waals surface area contributed by atoms with E-state index >= 15 is 0 Å². The lowest BCUT2D eigenvalue weighted by molar-refractivity contribution is -0.147. The minimum absolute atomic E-state index is 0.0910. The van der Waals surface area contributed by atoms with Gasteiger partial charge in [0.05, 0.1) is 20.3 Å². The average molecular weight is 338 g/mol. The first kappa shape index (κ1) is 18.5. The van der Waals surface area contributed by atoms with Crippen LogP contribution in [0.1, 0.15) is 24.5 Å². The van der Waals surface area contributed by atoms with E-state index in [4.69, 9.17) is 14.2 Å². The van der Waals surface area contributed by atoms with Crippen molar-refractivity contribution in [3.63, 3.8) is 0 Å². The van der Waals surface area contributed by atoms with Crippen LogP contribution >= 0.6 is 0 Å². The number of piperidine rings is 1. The lowest BCUT2D eigenvalue weighted by atomic mass is 9.91. The molecule has 1 aliphatic rings. The van der Waals surface area contributed by atoms with Crippen molar-refractivity contribution in [2.75, 3.05) is 41.0 Å². The molecule has 0 aliphatic carbocycles. The van der Waals surface area contributed by atoms with Crippen molar-refractivity contribution in [1.29, 1.82) is 0 Å². The Hall–Kier alpha value is -1.83. The highest BCUT2D eigenvalue weighted by Gasteiger charge is 2.39. The predicted octanol–water partition coefficient (Wildman–Crippen LogP) is 0.622. The van der Waals surface area contributed by atoms with Crippen LogP contribution in [0.4, 0.5) is 0 Å². The maximum atomic E-state index is 12.5. The van der Waals surface area contributed by atoms with Gasteiger partial charge in [-0.05, 0) is 43.6 Å². The third-order valence-electron chi connectivity index (χ3n) is 4.43. The van der Waals surface area contributed by atoms with Gasteiger partial charge in [0, 0.05) is 19.7 Å². The summed E-state index contributed by atoms with van der Waals surface area (Å²) in [6.07, 6.45) is 0.352. The second-order valence-electron chi connectivity index (χ2n) is 5.82. The number of nitrogens with one attached hydrogen (secondary N) is 2. The topological polar surface area (TPSA) is 89.0 Å². The first-order chi connectivity index (χ1) is 11.5. The van der Waals surface area contributed by atoms with Gasteiger partial charge in [0.1, 0.15) is 17.1 Å². The minimum atomic E-state index is -0.867. The Kier molecular flexibility index (Phi) is 6.42. The van der Waals surface area contributed by atoms with E-state index in [-0.39, 0.29) is 12.5 Å². The molecule has 1 heterocycles. The van der Waals surface area contributed by atoms with Crippen molar-refractivity contribution in [2.45, 2.75) is 24.5 Å². The Morgan fingerprint density at radius 3 is 2.29 bits per heavy atom. The summed E-state index contributed by atoms with van der Waals surface area (Å²) in [7, 11) is 4.65. The van der Waals surface area contributed by atoms with Crippen LogP contribution in [0.2, 0.25) is 0 Å². The number of benzene rings is 1. The molecule has 1 aromatic rings. The molecule has 7 heteroatoms. The highest BCUT2D eigenvalue weighted by molar-refractivity contribution is 5.85. The molecule has 24 heavy (non-hydrogen) atoms. The monoisotopic (exact) mass is 338 g/mol. The number of aliphatic hydroxyl groups is 1. The van der Waals surface area contributed by atoms with Crippen molar-refractivity contribution in [2.24, 2.45) is 0 Å². The van der Waals surface area contributed by atoms with Gasteiger partial charge in [-0.2, -0.15) is 0 Å². The number of ether oxygens (including phenoxy) is 3. The smallest absolute Gasteiger partial charge is 0.252 e. The van der Waals surface area contributed by atoms with Crippen LogP contribution in [-0.4, -0.2) is 57.6 Å². The Morgan fingerprint density at radius 2 is 1.79 bits per heavy atom. The number of amides is 1. The predicted molar refractivity (Wildman–Crippen MR) is 89.4 cm³/mol. The Morgan fingerprint density at radius 1 is 1.21 bits per heavy atom. The molecule has 7 nitrogen and oxygen atoms in total. The Labute approximate surface area is 142 Å². The van der Waals surface area contributed by atoms with Crippen molar-refractivity contribution in [3.05, 3.63) is 23.8 Å². The minimum Gasteiger partial charge on any atom is -0.497 e. The lowest BCUT2D eigenvalue weighted by Gasteiger charge is -2.35. The zero-order valence-corrected chi connectivity index (χ0v) is 14.4. The van der Waals surface area contributed by atoms with Crippen LogP contribution in [0, 0.1) is 0 Å². The van der Waals surface area contributed by atoms with Gasteiger partial charge in [-0.3, -0.25) is 4.79 Å². The molecular weight excluding hydrogens is 312 g/mol. The SMILES string of the molecule is COc1cc(OC)cc(C(O)CNC(=O)C2(OC)CCNCC2)c1. The Balaban J connectivity index is 2.01. The zero-order valence-electron chi connectivity index (χ0n) is 14.4. The van der Waals surface area contributed by atoms with Crippen molar-refractivity contribution in [3.8, 4) is 11.5 Å². The molecule has 0 radical (unpaired) electrons. The summed E-state index contributed by atoms with van der Waals surface area (Å²) >= 11 is 0. The highest BCUT2D eigenvalue weighted by Crippen LogP contribution is 2.27. The summed E-state index contributed by atoms with van der Waals surface area (Å²) < 4.78 is 15.9. The number of hydrogen-bond donors (Lipinski definition) is 3. The second-order valence-corrected chi connectivity index (χ2v) is 5.82. The molecule has 1 saturated heterocycles. The number of carbonyl (C=O) groups is 1. The van der Waals surface area contributed by atoms with Crippen LogP contribution < -0.4 is 20.1 Å². The number of rotatable bonds is 7. The molecule has 3 N–H and O–H groups in total. The van der Waals surface area contributed by atoms with Crippen LogP contribution in [0.15, 0.2) is 18.2 Å². The van der Waals surface area contributed by atoms with E-state index in [0.29, 0.717) is 29.9 Å². The molecule has 1 aliphatic heterocycles. The van der Waals surface area contributed by atoms with E-state index in [1.54, 1.807) is 39.5 Å². The van der Waals surface area contributed by atoms with Crippen molar-refractivity contribution in [1.82, 2.24) is 10.6 Å². The van der Waals surface area contributed by atoms with Gasteiger partial charge >= 0.3 is 0 Å². The molecule has 1 unspecified atom stereocenters. The fourth-order valence-electron chi connectivity index (χ4n) is 2.84. The molecule has 1 aromatic carbocycles. The summed E-state index contributed by atoms with van der Waals surface area (Å²) in [5, 5.41) is 16.4. The number of methoxy groups -OCH3 is 3. The molecule has 1 atom stereocenters. The fourth-order valence-corrected chi connectivity index (χ4v) is 2.84. The van der Waals surface area contributed by atoms with E-state index in [1.165, 1.54) is 0 Å². The van der Waals surface area contributed by atoms with Gasteiger partial charge < -0.3 is 30.0 Å². The first-order valence-electron chi connectivity index (χ1n) is 8.00. The quantitative estimate of drug-likeness (QED) is 0.675. The van der Waals surface area contributed by atoms with Crippen LogP contribution in [0.3, 0.4) is 0 Å². The normalized spacial score (nSPS) is 17.8. The highest BCUT2D eigenvalue weighted by atomic mass is 16.5. The lowest BCUT2D eigenvalue weighted by Crippen LogP contribution is -2.54. The van der Waals surface area contributed by atoms with Gasteiger partial charge in [0.2, 0.25) is 0 Å². The molecule has 134 valence electrons. The van der Waals surface area contributed by atoms with Crippen LogP contribution in [0.5, 0.6) is 11.5 Å². The standard InChI is InChI=1S/C17H26N2O5/c1-22-13-8-12(9-14(10-13)23-2)15(20)11-19-16(21)17(24-3)4-6-18-7-5-17/h8-10,15,18,20H,4-7,11H2,1-3H3,(H,19,21). The van der Waals surface area contributed by atoms with Gasteiger partial charge in [-0.25, -0.2) is 0 Å². The van der Waals surface area contributed by atoms with E-state index < -0.39 is 11.7 Å². The summed E-state index contributed by atoms with van der Waals surface area (Å²) in [4.78, 5) is 12.5. The number of aliphatic hydroxyl groups excluding tert-OH is 1. The maximum absolute atomic E-state index is 12.5. The Bertz CT molecular complexity index is 536. The molecular formula is C17H26N2O5. The van der Waals surface area contributed by atoms with Crippen LogP contribution in [0.25, 0.3) is 0 Å². The summed E-state index contributed by atoms with van der Waals surface area (Å²) in [5.74, 6) is 0.975. The molecule has 2 rings (SSSR count). The third kappa shape index (κ3) is 4.17. The van der Waals surface area contributed by atoms with Gasteiger partial charge in [-0.1, -0.05) is 0 Å². The fraction of sp³-hybridized carbons (Fsp3) is 0.588. The second kappa shape index (κ2) is 8.32. The molecule has 0 aromatic heterocycles. The van der Waals surface area contributed by atoms with E-state index in [1.807, 2.05) is 0 Å². The largest absolute Gasteiger partial charge is 0.497 e. The van der Waals surface area contributed by atoms with Crippen molar-refractivity contribution >= 4 is 5.91 Å². The first-order valence-corrected chi connectivity index (χ1v) is 8.00. The molecule has 0 saturated carbocycles. The van der Waals surface area contributed by atoms with Gasteiger partial charge in [0.25, 0.3) is 5.91 Å². The summed E-state index contributed by atoms with van der Waals surface area (Å²) in [6.45, 7) is 1.56. The van der Waals surface area contributed by atoms with Gasteiger partial charge in [-0.15, -0.1) is 0 Å². The van der Waals surface area contributed by atoms with Crippen LogP contribution in [-0.2, 0) is 9.53 Å². The molecule has 1 fully saturated rings. The molecule has 0 bridgehead atoms. The van der Waals surface area contributed by atoms with E-state index in [9.17, 15) is 9.90 Å². The third-order valence-corrected chi connectivity index (χ3v) is 4.43. The van der Waals surface area contributed by atoms with E-state index in [0.717, 1.165) is 13.1 Å². The zero-order chi connectivity index (χ0) is 17.6. The molecule has 1 amide bonds. The number of hydrogen-bond acceptors (Lipinski definition) is 6. The number of carbonyl (C=O) groups excluding carboxylic acids is 1. The summed E-state index contributed by atoms with van der Waals surface area (Å²) in [6, 6.07) is 5.16. The van der Waals surface area contributed by atoms with Crippen molar-refractivity contribution < 1.29 is 24.1 Å². The van der Waals surface area contributed by atoms with E-state index in [2.05, 4.69) is 10.6 Å². The van der Waals surface area contributed by atoms with Gasteiger partial charge in [0.15, 0.2) is 0 Å². The molecule has 0 spiro atoms. The maximum Gasteiger partial charge on any atom is 0.252 e. The summed E-state index contributed by atoms with van der Waals surface area (Å²) in [5.41, 5.74) is -0.208.